The van der Waals surface area contributed by atoms with Crippen molar-refractivity contribution >= 4 is 29.1 Å². The van der Waals surface area contributed by atoms with Gasteiger partial charge in [0, 0.05) is 6.07 Å². The maximum absolute atomic E-state index is 12.0. The SMILES string of the molecule is C[C@H](NC(=O)COc1ccc(Cl)c(Cl)c1)c1ccc2c(c1)OCO2. The quantitative estimate of drug-likeness (QED) is 0.868. The zero-order valence-electron chi connectivity index (χ0n) is 12.8. The third kappa shape index (κ3) is 3.86. The molecule has 0 saturated carbocycles. The van der Waals surface area contributed by atoms with Crippen molar-refractivity contribution in [3.8, 4) is 17.2 Å². The van der Waals surface area contributed by atoms with Crippen LogP contribution >= 0.6 is 23.2 Å². The lowest BCUT2D eigenvalue weighted by Gasteiger charge is -2.15. The molecule has 24 heavy (non-hydrogen) atoms. The van der Waals surface area contributed by atoms with E-state index in [1.54, 1.807) is 18.2 Å². The topological polar surface area (TPSA) is 56.8 Å². The summed E-state index contributed by atoms with van der Waals surface area (Å²) >= 11 is 11.7. The van der Waals surface area contributed by atoms with E-state index in [9.17, 15) is 4.79 Å². The highest BCUT2D eigenvalue weighted by molar-refractivity contribution is 6.42. The van der Waals surface area contributed by atoms with Crippen LogP contribution in [0.3, 0.4) is 0 Å². The molecule has 7 heteroatoms. The molecule has 1 N–H and O–H groups in total. The summed E-state index contributed by atoms with van der Waals surface area (Å²) in [7, 11) is 0. The van der Waals surface area contributed by atoms with Crippen molar-refractivity contribution in [1.82, 2.24) is 5.32 Å². The molecule has 0 aromatic heterocycles. The molecule has 1 aliphatic rings. The van der Waals surface area contributed by atoms with Crippen LogP contribution in [0.2, 0.25) is 10.0 Å². The van der Waals surface area contributed by atoms with Crippen molar-refractivity contribution in [1.29, 1.82) is 0 Å². The number of carbonyl (C=O) groups is 1. The summed E-state index contributed by atoms with van der Waals surface area (Å²) in [6.45, 7) is 1.98. The fourth-order valence-electron chi connectivity index (χ4n) is 2.26. The second-order valence-corrected chi connectivity index (χ2v) is 6.08. The van der Waals surface area contributed by atoms with Gasteiger partial charge in [-0.25, -0.2) is 0 Å². The number of benzene rings is 2. The Morgan fingerprint density at radius 2 is 1.96 bits per heavy atom. The van der Waals surface area contributed by atoms with Crippen molar-refractivity contribution < 1.29 is 19.0 Å². The molecular formula is C17H15Cl2NO4. The van der Waals surface area contributed by atoms with E-state index in [0.717, 1.165) is 5.56 Å². The summed E-state index contributed by atoms with van der Waals surface area (Å²) in [5.41, 5.74) is 0.919. The number of hydrogen-bond donors (Lipinski definition) is 1. The number of halogens is 2. The van der Waals surface area contributed by atoms with Crippen molar-refractivity contribution in [2.45, 2.75) is 13.0 Å². The van der Waals surface area contributed by atoms with E-state index in [0.29, 0.717) is 27.3 Å². The Morgan fingerprint density at radius 1 is 1.17 bits per heavy atom. The average molecular weight is 368 g/mol. The molecule has 1 aliphatic heterocycles. The van der Waals surface area contributed by atoms with Crippen molar-refractivity contribution in [3.63, 3.8) is 0 Å². The number of rotatable bonds is 5. The van der Waals surface area contributed by atoms with Gasteiger partial charge in [0.05, 0.1) is 16.1 Å². The Kier molecular flexibility index (Phi) is 5.02. The Morgan fingerprint density at radius 3 is 2.75 bits per heavy atom. The molecule has 0 aliphatic carbocycles. The van der Waals surface area contributed by atoms with Gasteiger partial charge in [-0.1, -0.05) is 29.3 Å². The molecule has 0 radical (unpaired) electrons. The predicted octanol–water partition coefficient (Wildman–Crippen LogP) is 3.98. The lowest BCUT2D eigenvalue weighted by Crippen LogP contribution is -2.31. The van der Waals surface area contributed by atoms with Crippen LogP contribution in [0.25, 0.3) is 0 Å². The first kappa shape index (κ1) is 16.7. The van der Waals surface area contributed by atoms with E-state index in [4.69, 9.17) is 37.4 Å². The molecule has 0 bridgehead atoms. The van der Waals surface area contributed by atoms with Gasteiger partial charge in [0.1, 0.15) is 5.75 Å². The van der Waals surface area contributed by atoms with E-state index in [2.05, 4.69) is 5.32 Å². The first-order chi connectivity index (χ1) is 11.5. The summed E-state index contributed by atoms with van der Waals surface area (Å²) in [4.78, 5) is 12.0. The van der Waals surface area contributed by atoms with Crippen LogP contribution in [0, 0.1) is 0 Å². The molecule has 1 heterocycles. The molecule has 1 atom stereocenters. The van der Waals surface area contributed by atoms with Crippen LogP contribution in [-0.2, 0) is 4.79 Å². The van der Waals surface area contributed by atoms with Gasteiger partial charge in [0.25, 0.3) is 5.91 Å². The molecule has 1 amide bonds. The minimum absolute atomic E-state index is 0.118. The zero-order valence-corrected chi connectivity index (χ0v) is 14.4. The van der Waals surface area contributed by atoms with Crippen LogP contribution in [0.4, 0.5) is 0 Å². The summed E-state index contributed by atoms with van der Waals surface area (Å²) in [6.07, 6.45) is 0. The van der Waals surface area contributed by atoms with E-state index < -0.39 is 0 Å². The maximum atomic E-state index is 12.0. The lowest BCUT2D eigenvalue weighted by molar-refractivity contribution is -0.123. The van der Waals surface area contributed by atoms with Crippen molar-refractivity contribution in [3.05, 3.63) is 52.0 Å². The summed E-state index contributed by atoms with van der Waals surface area (Å²) in [5, 5.41) is 3.68. The van der Waals surface area contributed by atoms with Gasteiger partial charge >= 0.3 is 0 Å². The summed E-state index contributed by atoms with van der Waals surface area (Å²) in [6, 6.07) is 10.2. The predicted molar refractivity (Wildman–Crippen MR) is 91.1 cm³/mol. The second kappa shape index (κ2) is 7.20. The minimum Gasteiger partial charge on any atom is -0.484 e. The van der Waals surface area contributed by atoms with Gasteiger partial charge < -0.3 is 19.5 Å². The third-order valence-electron chi connectivity index (χ3n) is 3.54. The molecule has 3 rings (SSSR count). The van der Waals surface area contributed by atoms with E-state index in [1.807, 2.05) is 25.1 Å². The van der Waals surface area contributed by atoms with Gasteiger partial charge in [-0.05, 0) is 36.8 Å². The maximum Gasteiger partial charge on any atom is 0.258 e. The Hall–Kier alpha value is -2.11. The van der Waals surface area contributed by atoms with Crippen LogP contribution in [0.15, 0.2) is 36.4 Å². The number of ether oxygens (including phenoxy) is 3. The van der Waals surface area contributed by atoms with E-state index >= 15 is 0 Å². The summed E-state index contributed by atoms with van der Waals surface area (Å²) in [5.74, 6) is 1.63. The number of carbonyl (C=O) groups excluding carboxylic acids is 1. The van der Waals surface area contributed by atoms with Crippen LogP contribution in [0.5, 0.6) is 17.2 Å². The highest BCUT2D eigenvalue weighted by Crippen LogP contribution is 2.34. The molecule has 0 unspecified atom stereocenters. The molecule has 126 valence electrons. The fourth-order valence-corrected chi connectivity index (χ4v) is 2.55. The molecule has 2 aromatic rings. The summed E-state index contributed by atoms with van der Waals surface area (Å²) < 4.78 is 16.0. The molecule has 0 fully saturated rings. The average Bonchev–Trinajstić information content (AvgIpc) is 3.03. The fraction of sp³-hybridized carbons (Fsp3) is 0.235. The molecule has 0 saturated heterocycles. The molecule has 0 spiro atoms. The number of nitrogens with one attached hydrogen (secondary N) is 1. The molecule has 5 nitrogen and oxygen atoms in total. The smallest absolute Gasteiger partial charge is 0.258 e. The Bertz CT molecular complexity index is 766. The monoisotopic (exact) mass is 367 g/mol. The normalized spacial score (nSPS) is 13.5. The van der Waals surface area contributed by atoms with Gasteiger partial charge in [-0.3, -0.25) is 4.79 Å². The lowest BCUT2D eigenvalue weighted by atomic mass is 10.1. The molecule has 2 aromatic carbocycles. The zero-order chi connectivity index (χ0) is 17.1. The van der Waals surface area contributed by atoms with Crippen LogP contribution < -0.4 is 19.5 Å². The standard InChI is InChI=1S/C17H15Cl2NO4/c1-10(11-2-5-15-16(6-11)24-9-23-15)20-17(21)8-22-12-3-4-13(18)14(19)7-12/h2-7,10H,8-9H2,1H3,(H,20,21)/t10-/m0/s1. The number of hydrogen-bond acceptors (Lipinski definition) is 4. The van der Waals surface area contributed by atoms with Crippen LogP contribution in [-0.4, -0.2) is 19.3 Å². The first-order valence-corrected chi connectivity index (χ1v) is 8.05. The Labute approximate surface area is 149 Å². The van der Waals surface area contributed by atoms with Gasteiger partial charge in [-0.2, -0.15) is 0 Å². The van der Waals surface area contributed by atoms with Gasteiger partial charge in [0.2, 0.25) is 6.79 Å². The Balaban J connectivity index is 1.55. The van der Waals surface area contributed by atoms with Crippen molar-refractivity contribution in [2.75, 3.05) is 13.4 Å². The number of amides is 1. The van der Waals surface area contributed by atoms with E-state index in [-0.39, 0.29) is 25.3 Å². The van der Waals surface area contributed by atoms with E-state index in [1.165, 1.54) is 0 Å². The largest absolute Gasteiger partial charge is 0.484 e. The highest BCUT2D eigenvalue weighted by Gasteiger charge is 2.17. The highest BCUT2D eigenvalue weighted by atomic mass is 35.5. The first-order valence-electron chi connectivity index (χ1n) is 7.29. The second-order valence-electron chi connectivity index (χ2n) is 5.27. The number of fused-ring (bicyclic) bond motifs is 1. The molecular weight excluding hydrogens is 353 g/mol. The van der Waals surface area contributed by atoms with Crippen LogP contribution in [0.1, 0.15) is 18.5 Å². The third-order valence-corrected chi connectivity index (χ3v) is 4.27. The van der Waals surface area contributed by atoms with Gasteiger partial charge in [0.15, 0.2) is 18.1 Å². The van der Waals surface area contributed by atoms with Gasteiger partial charge in [-0.15, -0.1) is 0 Å². The minimum atomic E-state index is -0.244. The van der Waals surface area contributed by atoms with Crippen molar-refractivity contribution in [2.24, 2.45) is 0 Å².